The fourth-order valence-electron chi connectivity index (χ4n) is 4.69. The van der Waals surface area contributed by atoms with E-state index in [1.807, 2.05) is 0 Å². The van der Waals surface area contributed by atoms with Gasteiger partial charge in [-0.1, -0.05) is 52.9 Å². The van der Waals surface area contributed by atoms with E-state index in [2.05, 4.69) is 20.8 Å². The summed E-state index contributed by atoms with van der Waals surface area (Å²) in [7, 11) is 0. The minimum absolute atomic E-state index is 0.115. The lowest BCUT2D eigenvalue weighted by molar-refractivity contribution is -0.157. The minimum atomic E-state index is 0.115. The van der Waals surface area contributed by atoms with Crippen molar-refractivity contribution in [3.8, 4) is 0 Å². The molecule has 2 fully saturated rings. The summed E-state index contributed by atoms with van der Waals surface area (Å²) in [4.78, 5) is 12.4. The summed E-state index contributed by atoms with van der Waals surface area (Å²) in [5.41, 5.74) is 0. The Morgan fingerprint density at radius 2 is 1.67 bits per heavy atom. The van der Waals surface area contributed by atoms with Crippen LogP contribution in [-0.2, 0) is 9.53 Å². The van der Waals surface area contributed by atoms with E-state index in [4.69, 9.17) is 4.74 Å². The fourth-order valence-corrected chi connectivity index (χ4v) is 4.69. The second-order valence-corrected chi connectivity index (χ2v) is 8.86. The predicted octanol–water partition coefficient (Wildman–Crippen LogP) is 6.52. The zero-order valence-electron chi connectivity index (χ0n) is 16.4. The summed E-state index contributed by atoms with van der Waals surface area (Å²) in [5.74, 6) is 2.87. The molecule has 2 saturated carbocycles. The van der Waals surface area contributed by atoms with Crippen LogP contribution in [0.15, 0.2) is 0 Å². The van der Waals surface area contributed by atoms with Gasteiger partial charge in [-0.15, -0.1) is 0 Å². The lowest BCUT2D eigenvalue weighted by Gasteiger charge is -2.31. The third-order valence-electron chi connectivity index (χ3n) is 6.52. The molecule has 0 aromatic carbocycles. The van der Waals surface area contributed by atoms with Crippen molar-refractivity contribution in [3.05, 3.63) is 0 Å². The largest absolute Gasteiger partial charge is 0.462 e. The Morgan fingerprint density at radius 3 is 2.29 bits per heavy atom. The molecule has 0 saturated heterocycles. The molecule has 0 heterocycles. The second kappa shape index (κ2) is 10.5. The summed E-state index contributed by atoms with van der Waals surface area (Å²) in [6, 6.07) is 0. The number of ether oxygens (including phenoxy) is 1. The quantitative estimate of drug-likeness (QED) is 0.471. The van der Waals surface area contributed by atoms with Gasteiger partial charge in [-0.2, -0.15) is 0 Å². The summed E-state index contributed by atoms with van der Waals surface area (Å²) < 4.78 is 5.81. The van der Waals surface area contributed by atoms with Gasteiger partial charge in [-0.25, -0.2) is 0 Å². The lowest BCUT2D eigenvalue weighted by Crippen LogP contribution is -2.29. The molecule has 2 nitrogen and oxygen atoms in total. The van der Waals surface area contributed by atoms with Crippen LogP contribution in [0.5, 0.6) is 0 Å². The number of hydrogen-bond acceptors (Lipinski definition) is 2. The summed E-state index contributed by atoms with van der Waals surface area (Å²) in [6.07, 6.45) is 16.3. The highest BCUT2D eigenvalue weighted by atomic mass is 16.5. The van der Waals surface area contributed by atoms with Gasteiger partial charge in [0, 0.05) is 0 Å². The van der Waals surface area contributed by atoms with Gasteiger partial charge in [0.15, 0.2) is 0 Å². The van der Waals surface area contributed by atoms with Crippen LogP contribution in [0.3, 0.4) is 0 Å². The van der Waals surface area contributed by atoms with Crippen LogP contribution in [0.25, 0.3) is 0 Å². The molecule has 140 valence electrons. The third-order valence-corrected chi connectivity index (χ3v) is 6.52. The van der Waals surface area contributed by atoms with Gasteiger partial charge in [0.25, 0.3) is 0 Å². The van der Waals surface area contributed by atoms with Gasteiger partial charge >= 0.3 is 5.97 Å². The standard InChI is InChI=1S/C22H40O2/c1-4-6-17(2)7-5-8-19-11-13-20(14-12-19)22(23)24-21-15-9-18(3)10-16-21/h17-21H,4-16H2,1-3H3. The number of carbonyl (C=O) groups excluding carboxylic acids is 1. The molecule has 0 aliphatic heterocycles. The van der Waals surface area contributed by atoms with Crippen molar-refractivity contribution in [1.82, 2.24) is 0 Å². The molecule has 0 aromatic heterocycles. The molecular formula is C22H40O2. The maximum atomic E-state index is 12.4. The highest BCUT2D eigenvalue weighted by molar-refractivity contribution is 5.72. The Balaban J connectivity index is 1.59. The molecule has 0 bridgehead atoms. The second-order valence-electron chi connectivity index (χ2n) is 8.86. The van der Waals surface area contributed by atoms with E-state index < -0.39 is 0 Å². The minimum Gasteiger partial charge on any atom is -0.462 e. The number of rotatable bonds is 8. The SMILES string of the molecule is CCCC(C)CCCC1CCC(C(=O)OC2CCC(C)CC2)CC1. The van der Waals surface area contributed by atoms with Crippen molar-refractivity contribution in [2.24, 2.45) is 23.7 Å². The molecule has 2 aliphatic carbocycles. The Hall–Kier alpha value is -0.530. The molecule has 0 spiro atoms. The molecule has 0 N–H and O–H groups in total. The van der Waals surface area contributed by atoms with Crippen molar-refractivity contribution in [2.45, 2.75) is 110 Å². The molecule has 24 heavy (non-hydrogen) atoms. The van der Waals surface area contributed by atoms with Crippen molar-refractivity contribution >= 4 is 5.97 Å². The number of hydrogen-bond donors (Lipinski definition) is 0. The first-order valence-electron chi connectivity index (χ1n) is 10.8. The average Bonchev–Trinajstić information content (AvgIpc) is 2.58. The summed E-state index contributed by atoms with van der Waals surface area (Å²) >= 11 is 0. The zero-order chi connectivity index (χ0) is 17.4. The van der Waals surface area contributed by atoms with Gasteiger partial charge < -0.3 is 4.74 Å². The normalized spacial score (nSPS) is 32.3. The molecule has 0 radical (unpaired) electrons. The molecular weight excluding hydrogens is 296 g/mol. The lowest BCUT2D eigenvalue weighted by atomic mass is 9.79. The van der Waals surface area contributed by atoms with E-state index in [0.717, 1.165) is 43.4 Å². The maximum Gasteiger partial charge on any atom is 0.309 e. The average molecular weight is 337 g/mol. The Kier molecular flexibility index (Phi) is 8.62. The predicted molar refractivity (Wildman–Crippen MR) is 101 cm³/mol. The maximum absolute atomic E-state index is 12.4. The molecule has 0 amide bonds. The highest BCUT2D eigenvalue weighted by Crippen LogP contribution is 2.34. The van der Waals surface area contributed by atoms with Crippen molar-refractivity contribution < 1.29 is 9.53 Å². The van der Waals surface area contributed by atoms with Crippen LogP contribution in [0.4, 0.5) is 0 Å². The van der Waals surface area contributed by atoms with E-state index in [9.17, 15) is 4.79 Å². The van der Waals surface area contributed by atoms with Crippen molar-refractivity contribution in [3.63, 3.8) is 0 Å². The summed E-state index contributed by atoms with van der Waals surface area (Å²) in [5, 5.41) is 0. The molecule has 2 rings (SSSR count). The van der Waals surface area contributed by atoms with E-state index in [1.165, 1.54) is 57.8 Å². The first kappa shape index (κ1) is 19.8. The van der Waals surface area contributed by atoms with Crippen LogP contribution in [-0.4, -0.2) is 12.1 Å². The van der Waals surface area contributed by atoms with E-state index >= 15 is 0 Å². The van der Waals surface area contributed by atoms with Gasteiger partial charge in [0.1, 0.15) is 6.10 Å². The Morgan fingerprint density at radius 1 is 1.00 bits per heavy atom. The van der Waals surface area contributed by atoms with E-state index in [-0.39, 0.29) is 18.0 Å². The topological polar surface area (TPSA) is 26.3 Å². The molecule has 1 unspecified atom stereocenters. The fraction of sp³-hybridized carbons (Fsp3) is 0.955. The van der Waals surface area contributed by atoms with Gasteiger partial charge in [0.05, 0.1) is 5.92 Å². The highest BCUT2D eigenvalue weighted by Gasteiger charge is 2.30. The van der Waals surface area contributed by atoms with Crippen LogP contribution >= 0.6 is 0 Å². The van der Waals surface area contributed by atoms with Crippen LogP contribution in [0.1, 0.15) is 104 Å². The van der Waals surface area contributed by atoms with Crippen LogP contribution in [0.2, 0.25) is 0 Å². The smallest absolute Gasteiger partial charge is 0.309 e. The Labute approximate surface area is 150 Å². The van der Waals surface area contributed by atoms with Gasteiger partial charge in [-0.05, 0) is 69.1 Å². The number of carbonyl (C=O) groups is 1. The van der Waals surface area contributed by atoms with Gasteiger partial charge in [-0.3, -0.25) is 4.79 Å². The summed E-state index contributed by atoms with van der Waals surface area (Å²) in [6.45, 7) is 6.98. The van der Waals surface area contributed by atoms with Crippen LogP contribution < -0.4 is 0 Å². The molecule has 2 heteroatoms. The van der Waals surface area contributed by atoms with E-state index in [0.29, 0.717) is 0 Å². The molecule has 2 aliphatic rings. The Bertz CT molecular complexity index is 349. The van der Waals surface area contributed by atoms with Crippen LogP contribution in [0, 0.1) is 23.7 Å². The molecule has 0 aromatic rings. The van der Waals surface area contributed by atoms with E-state index in [1.54, 1.807) is 0 Å². The van der Waals surface area contributed by atoms with Crippen molar-refractivity contribution in [1.29, 1.82) is 0 Å². The third kappa shape index (κ3) is 6.76. The zero-order valence-corrected chi connectivity index (χ0v) is 16.4. The number of esters is 1. The molecule has 1 atom stereocenters. The first-order chi connectivity index (χ1) is 11.6. The first-order valence-corrected chi connectivity index (χ1v) is 10.8. The monoisotopic (exact) mass is 336 g/mol. The van der Waals surface area contributed by atoms with Gasteiger partial charge in [0.2, 0.25) is 0 Å². The van der Waals surface area contributed by atoms with Crippen molar-refractivity contribution in [2.75, 3.05) is 0 Å².